The predicted octanol–water partition coefficient (Wildman–Crippen LogP) is 3.86. The van der Waals surface area contributed by atoms with Crippen LogP contribution < -0.4 is 0 Å². The Hall–Kier alpha value is -2.62. The minimum atomic E-state index is -0.125. The maximum Gasteiger partial charge on any atom is 0.232 e. The molecule has 0 bridgehead atoms. The summed E-state index contributed by atoms with van der Waals surface area (Å²) in [6.07, 6.45) is -0.0916. The minimum absolute atomic E-state index is 0.0414. The zero-order valence-electron chi connectivity index (χ0n) is 15.9. The number of hydrogen-bond acceptors (Lipinski definition) is 2. The van der Waals surface area contributed by atoms with E-state index in [0.29, 0.717) is 19.6 Å². The quantitative estimate of drug-likeness (QED) is 0.677. The Morgan fingerprint density at radius 2 is 1.31 bits per heavy atom. The van der Waals surface area contributed by atoms with E-state index in [9.17, 15) is 9.59 Å². The smallest absolute Gasteiger partial charge is 0.232 e. The van der Waals surface area contributed by atoms with Crippen molar-refractivity contribution in [1.82, 2.24) is 9.80 Å². The lowest BCUT2D eigenvalue weighted by atomic mass is 10.1. The molecule has 2 aromatic rings. The molecule has 0 saturated heterocycles. The number of hydrogen-bond donors (Lipinski definition) is 0. The van der Waals surface area contributed by atoms with Gasteiger partial charge in [0.2, 0.25) is 11.8 Å². The fourth-order valence-corrected chi connectivity index (χ4v) is 2.86. The standard InChI is InChI=1S/C22H28N2O2/c1-4-23(16-19-11-7-5-8-12-19)21(25)15-22(26)24(18(2)3)17-20-13-9-6-10-14-20/h5-14,18H,4,15-17H2,1-3H3. The summed E-state index contributed by atoms with van der Waals surface area (Å²) in [5.41, 5.74) is 2.14. The number of carbonyl (C=O) groups excluding carboxylic acids is 2. The molecule has 2 rings (SSSR count). The van der Waals surface area contributed by atoms with Crippen molar-refractivity contribution in [2.75, 3.05) is 6.54 Å². The van der Waals surface area contributed by atoms with E-state index in [1.807, 2.05) is 81.4 Å². The van der Waals surface area contributed by atoms with E-state index in [1.165, 1.54) is 0 Å². The summed E-state index contributed by atoms with van der Waals surface area (Å²) < 4.78 is 0. The average Bonchev–Trinajstić information content (AvgIpc) is 2.65. The zero-order chi connectivity index (χ0) is 18.9. The summed E-state index contributed by atoms with van der Waals surface area (Å²) in [5.74, 6) is -0.250. The molecule has 0 atom stereocenters. The van der Waals surface area contributed by atoms with Crippen LogP contribution in [-0.4, -0.2) is 34.2 Å². The summed E-state index contributed by atoms with van der Waals surface area (Å²) in [6, 6.07) is 19.8. The first-order valence-corrected chi connectivity index (χ1v) is 9.16. The topological polar surface area (TPSA) is 40.6 Å². The van der Waals surface area contributed by atoms with Gasteiger partial charge in [-0.1, -0.05) is 60.7 Å². The largest absolute Gasteiger partial charge is 0.338 e. The maximum absolute atomic E-state index is 12.8. The molecule has 0 fully saturated rings. The van der Waals surface area contributed by atoms with Gasteiger partial charge in [0, 0.05) is 25.7 Å². The Morgan fingerprint density at radius 3 is 1.77 bits per heavy atom. The summed E-state index contributed by atoms with van der Waals surface area (Å²) in [7, 11) is 0. The van der Waals surface area contributed by atoms with Crippen molar-refractivity contribution in [1.29, 1.82) is 0 Å². The number of rotatable bonds is 8. The Kier molecular flexibility index (Phi) is 7.39. The highest BCUT2D eigenvalue weighted by molar-refractivity contribution is 5.97. The molecule has 0 aliphatic rings. The molecule has 4 nitrogen and oxygen atoms in total. The van der Waals surface area contributed by atoms with Crippen LogP contribution in [0.25, 0.3) is 0 Å². The van der Waals surface area contributed by atoms with Crippen LogP contribution >= 0.6 is 0 Å². The third kappa shape index (κ3) is 5.73. The van der Waals surface area contributed by atoms with Gasteiger partial charge in [-0.15, -0.1) is 0 Å². The van der Waals surface area contributed by atoms with Crippen molar-refractivity contribution < 1.29 is 9.59 Å². The molecule has 0 radical (unpaired) electrons. The normalized spacial score (nSPS) is 10.6. The molecule has 0 aliphatic heterocycles. The zero-order valence-corrected chi connectivity index (χ0v) is 15.9. The molecule has 0 saturated carbocycles. The van der Waals surface area contributed by atoms with Crippen LogP contribution in [0, 0.1) is 0 Å². The molecule has 26 heavy (non-hydrogen) atoms. The molecular formula is C22H28N2O2. The van der Waals surface area contributed by atoms with E-state index in [2.05, 4.69) is 0 Å². The maximum atomic E-state index is 12.8. The van der Waals surface area contributed by atoms with E-state index in [4.69, 9.17) is 0 Å². The van der Waals surface area contributed by atoms with Gasteiger partial charge in [0.1, 0.15) is 6.42 Å². The molecule has 0 N–H and O–H groups in total. The van der Waals surface area contributed by atoms with Gasteiger partial charge in [-0.05, 0) is 31.9 Å². The van der Waals surface area contributed by atoms with Crippen LogP contribution in [0.3, 0.4) is 0 Å². The molecule has 0 unspecified atom stereocenters. The van der Waals surface area contributed by atoms with Gasteiger partial charge in [-0.2, -0.15) is 0 Å². The SMILES string of the molecule is CCN(Cc1ccccc1)C(=O)CC(=O)N(Cc1ccccc1)C(C)C. The second-order valence-corrected chi connectivity index (χ2v) is 6.67. The van der Waals surface area contributed by atoms with Crippen molar-refractivity contribution in [3.63, 3.8) is 0 Å². The fourth-order valence-electron chi connectivity index (χ4n) is 2.86. The van der Waals surface area contributed by atoms with Gasteiger partial charge in [0.25, 0.3) is 0 Å². The summed E-state index contributed by atoms with van der Waals surface area (Å²) >= 11 is 0. The first-order valence-electron chi connectivity index (χ1n) is 9.16. The lowest BCUT2D eigenvalue weighted by Crippen LogP contribution is -2.40. The van der Waals surface area contributed by atoms with Crippen LogP contribution in [0.4, 0.5) is 0 Å². The molecule has 0 aliphatic carbocycles. The summed E-state index contributed by atoms with van der Waals surface area (Å²) in [5, 5.41) is 0. The molecule has 0 aromatic heterocycles. The third-order valence-corrected chi connectivity index (χ3v) is 4.39. The minimum Gasteiger partial charge on any atom is -0.338 e. The summed E-state index contributed by atoms with van der Waals surface area (Å²) in [6.45, 7) is 7.54. The molecule has 2 aromatic carbocycles. The molecule has 138 valence electrons. The van der Waals surface area contributed by atoms with E-state index in [0.717, 1.165) is 11.1 Å². The molecule has 0 spiro atoms. The van der Waals surface area contributed by atoms with Gasteiger partial charge < -0.3 is 9.80 Å². The Morgan fingerprint density at radius 1 is 0.808 bits per heavy atom. The Balaban J connectivity index is 2.01. The van der Waals surface area contributed by atoms with Gasteiger partial charge in [-0.3, -0.25) is 9.59 Å². The number of carbonyl (C=O) groups is 2. The Bertz CT molecular complexity index is 699. The predicted molar refractivity (Wildman–Crippen MR) is 104 cm³/mol. The van der Waals surface area contributed by atoms with Gasteiger partial charge in [0.15, 0.2) is 0 Å². The van der Waals surface area contributed by atoms with Crippen LogP contribution in [0.2, 0.25) is 0 Å². The summed E-state index contributed by atoms with van der Waals surface area (Å²) in [4.78, 5) is 28.9. The van der Waals surface area contributed by atoms with Crippen LogP contribution in [-0.2, 0) is 22.7 Å². The van der Waals surface area contributed by atoms with E-state index < -0.39 is 0 Å². The van der Waals surface area contributed by atoms with Crippen LogP contribution in [0.15, 0.2) is 60.7 Å². The number of nitrogens with zero attached hydrogens (tertiary/aromatic N) is 2. The number of benzene rings is 2. The number of amides is 2. The third-order valence-electron chi connectivity index (χ3n) is 4.39. The molecule has 0 heterocycles. The van der Waals surface area contributed by atoms with Gasteiger partial charge in [-0.25, -0.2) is 0 Å². The fraction of sp³-hybridized carbons (Fsp3) is 0.364. The van der Waals surface area contributed by atoms with Crippen LogP contribution in [0.5, 0.6) is 0 Å². The van der Waals surface area contributed by atoms with Crippen molar-refractivity contribution >= 4 is 11.8 Å². The van der Waals surface area contributed by atoms with Gasteiger partial charge >= 0.3 is 0 Å². The highest BCUT2D eigenvalue weighted by atomic mass is 16.2. The molecular weight excluding hydrogens is 324 g/mol. The van der Waals surface area contributed by atoms with E-state index >= 15 is 0 Å². The average molecular weight is 352 g/mol. The van der Waals surface area contributed by atoms with Crippen molar-refractivity contribution in [3.05, 3.63) is 71.8 Å². The van der Waals surface area contributed by atoms with E-state index in [1.54, 1.807) is 9.80 Å². The van der Waals surface area contributed by atoms with E-state index in [-0.39, 0.29) is 24.3 Å². The molecule has 4 heteroatoms. The first kappa shape index (κ1) is 19.7. The monoisotopic (exact) mass is 352 g/mol. The molecule has 2 amide bonds. The highest BCUT2D eigenvalue weighted by Crippen LogP contribution is 2.12. The van der Waals surface area contributed by atoms with Crippen LogP contribution in [0.1, 0.15) is 38.3 Å². The lowest BCUT2D eigenvalue weighted by molar-refractivity contribution is -0.142. The second-order valence-electron chi connectivity index (χ2n) is 6.67. The van der Waals surface area contributed by atoms with Crippen molar-refractivity contribution in [3.8, 4) is 0 Å². The second kappa shape index (κ2) is 9.76. The van der Waals surface area contributed by atoms with Crippen molar-refractivity contribution in [2.24, 2.45) is 0 Å². The van der Waals surface area contributed by atoms with Gasteiger partial charge in [0.05, 0.1) is 0 Å². The highest BCUT2D eigenvalue weighted by Gasteiger charge is 2.23. The van der Waals surface area contributed by atoms with Crippen molar-refractivity contribution in [2.45, 2.75) is 46.3 Å². The lowest BCUT2D eigenvalue weighted by Gasteiger charge is -2.28. The first-order chi connectivity index (χ1) is 12.5. The Labute approximate surface area is 156 Å².